The molecule has 1 aromatic rings. The third kappa shape index (κ3) is 5.14. The molecule has 110 valence electrons. The molecule has 1 amide bonds. The number of rotatable bonds is 6. The molecule has 1 unspecified atom stereocenters. The quantitative estimate of drug-likeness (QED) is 0.812. The molecule has 20 heavy (non-hydrogen) atoms. The second kappa shape index (κ2) is 8.28. The van der Waals surface area contributed by atoms with Crippen LogP contribution in [0.25, 0.3) is 0 Å². The first-order valence-electron chi connectivity index (χ1n) is 7.34. The Labute approximate surface area is 125 Å². The van der Waals surface area contributed by atoms with Crippen molar-refractivity contribution in [2.45, 2.75) is 44.6 Å². The molecule has 1 N–H and O–H groups in total. The van der Waals surface area contributed by atoms with Crippen LogP contribution in [0.5, 0.6) is 0 Å². The Hall–Kier alpha value is -1.06. The molecule has 0 bridgehead atoms. The number of halogens is 1. The molecule has 0 spiro atoms. The second-order valence-corrected chi connectivity index (χ2v) is 5.59. The van der Waals surface area contributed by atoms with Crippen molar-refractivity contribution in [3.05, 3.63) is 29.8 Å². The van der Waals surface area contributed by atoms with E-state index in [0.29, 0.717) is 12.3 Å². The number of carbonyl (C=O) groups is 1. The molecule has 1 heterocycles. The molecular weight excluding hydrogens is 274 g/mol. The molecule has 3 nitrogen and oxygen atoms in total. The molecule has 4 heteroatoms. The number of aryl methyl sites for hydroxylation is 1. The summed E-state index contributed by atoms with van der Waals surface area (Å²) in [7, 11) is 0. The van der Waals surface area contributed by atoms with Crippen LogP contribution in [-0.4, -0.2) is 24.5 Å². The minimum Gasteiger partial charge on any atom is -0.378 e. The van der Waals surface area contributed by atoms with E-state index in [2.05, 4.69) is 5.32 Å². The number of anilines is 1. The number of benzene rings is 1. The Kier molecular flexibility index (Phi) is 6.34. The Morgan fingerprint density at radius 3 is 2.75 bits per heavy atom. The van der Waals surface area contributed by atoms with E-state index in [0.717, 1.165) is 38.0 Å². The van der Waals surface area contributed by atoms with Gasteiger partial charge in [0.2, 0.25) is 5.91 Å². The van der Waals surface area contributed by atoms with Crippen molar-refractivity contribution in [3.8, 4) is 0 Å². The number of alkyl halides is 1. The lowest BCUT2D eigenvalue weighted by Crippen LogP contribution is -2.21. The lowest BCUT2D eigenvalue weighted by molar-refractivity contribution is -0.117. The fourth-order valence-corrected chi connectivity index (χ4v) is 2.63. The number of carbonyl (C=O) groups excluding carboxylic acids is 1. The van der Waals surface area contributed by atoms with Crippen LogP contribution in [-0.2, 0) is 16.0 Å². The van der Waals surface area contributed by atoms with Gasteiger partial charge in [-0.25, -0.2) is 0 Å². The maximum atomic E-state index is 11.9. The van der Waals surface area contributed by atoms with E-state index in [1.54, 1.807) is 0 Å². The molecule has 0 aliphatic carbocycles. The van der Waals surface area contributed by atoms with E-state index in [9.17, 15) is 4.79 Å². The molecule has 1 saturated heterocycles. The number of ether oxygens (including phenoxy) is 1. The van der Waals surface area contributed by atoms with E-state index in [-0.39, 0.29) is 12.0 Å². The molecular formula is C16H22ClNO2. The SMILES string of the molecule is O=C(CCC1CCCCO1)Nc1ccc(CCCl)cc1. The summed E-state index contributed by atoms with van der Waals surface area (Å²) in [6.07, 6.45) is 5.91. The summed E-state index contributed by atoms with van der Waals surface area (Å²) in [5.41, 5.74) is 2.03. The lowest BCUT2D eigenvalue weighted by Gasteiger charge is -2.22. The van der Waals surface area contributed by atoms with Crippen molar-refractivity contribution < 1.29 is 9.53 Å². The average Bonchev–Trinajstić information content (AvgIpc) is 2.49. The Bertz CT molecular complexity index is 413. The highest BCUT2D eigenvalue weighted by molar-refractivity contribution is 6.17. The van der Waals surface area contributed by atoms with Crippen LogP contribution in [0.2, 0.25) is 0 Å². The van der Waals surface area contributed by atoms with Crippen molar-refractivity contribution in [3.63, 3.8) is 0 Å². The summed E-state index contributed by atoms with van der Waals surface area (Å²) in [4.78, 5) is 11.9. The van der Waals surface area contributed by atoms with E-state index in [1.807, 2.05) is 24.3 Å². The molecule has 0 radical (unpaired) electrons. The van der Waals surface area contributed by atoms with E-state index in [4.69, 9.17) is 16.3 Å². The maximum Gasteiger partial charge on any atom is 0.224 e. The topological polar surface area (TPSA) is 38.3 Å². The lowest BCUT2D eigenvalue weighted by atomic mass is 10.0. The Morgan fingerprint density at radius 2 is 2.10 bits per heavy atom. The van der Waals surface area contributed by atoms with Gasteiger partial charge in [-0.1, -0.05) is 12.1 Å². The number of hydrogen-bond donors (Lipinski definition) is 1. The first kappa shape index (κ1) is 15.3. The van der Waals surface area contributed by atoms with E-state index < -0.39 is 0 Å². The summed E-state index contributed by atoms with van der Waals surface area (Å²) in [6.45, 7) is 0.842. The average molecular weight is 296 g/mol. The molecule has 0 saturated carbocycles. The highest BCUT2D eigenvalue weighted by Crippen LogP contribution is 2.17. The van der Waals surface area contributed by atoms with Gasteiger partial charge >= 0.3 is 0 Å². The fraction of sp³-hybridized carbons (Fsp3) is 0.562. The van der Waals surface area contributed by atoms with Crippen LogP contribution in [0.1, 0.15) is 37.7 Å². The van der Waals surface area contributed by atoms with Crippen molar-refractivity contribution in [2.24, 2.45) is 0 Å². The first-order chi connectivity index (χ1) is 9.78. The third-order valence-corrected chi connectivity index (χ3v) is 3.78. The molecule has 2 rings (SSSR count). The van der Waals surface area contributed by atoms with Crippen LogP contribution in [0, 0.1) is 0 Å². The van der Waals surface area contributed by atoms with Crippen molar-refractivity contribution in [2.75, 3.05) is 17.8 Å². The molecule has 1 aromatic carbocycles. The second-order valence-electron chi connectivity index (χ2n) is 5.21. The van der Waals surface area contributed by atoms with Gasteiger partial charge in [0, 0.05) is 24.6 Å². The van der Waals surface area contributed by atoms with Gasteiger partial charge in [-0.15, -0.1) is 11.6 Å². The predicted octanol–water partition coefficient (Wildman–Crippen LogP) is 3.76. The van der Waals surface area contributed by atoms with Gasteiger partial charge in [-0.2, -0.15) is 0 Å². The van der Waals surface area contributed by atoms with Gasteiger partial charge in [0.1, 0.15) is 0 Å². The maximum absolute atomic E-state index is 11.9. The summed E-state index contributed by atoms with van der Waals surface area (Å²) in [5.74, 6) is 0.678. The smallest absolute Gasteiger partial charge is 0.224 e. The number of hydrogen-bond acceptors (Lipinski definition) is 2. The Balaban J connectivity index is 1.73. The third-order valence-electron chi connectivity index (χ3n) is 3.59. The highest BCUT2D eigenvalue weighted by atomic mass is 35.5. The van der Waals surface area contributed by atoms with Gasteiger partial charge < -0.3 is 10.1 Å². The van der Waals surface area contributed by atoms with Crippen LogP contribution < -0.4 is 5.32 Å². The van der Waals surface area contributed by atoms with Crippen molar-refractivity contribution in [1.82, 2.24) is 0 Å². The molecule has 1 aliphatic heterocycles. The first-order valence-corrected chi connectivity index (χ1v) is 7.88. The van der Waals surface area contributed by atoms with Gasteiger partial charge in [0.15, 0.2) is 0 Å². The van der Waals surface area contributed by atoms with Crippen molar-refractivity contribution in [1.29, 1.82) is 0 Å². The zero-order chi connectivity index (χ0) is 14.2. The van der Waals surface area contributed by atoms with Gasteiger partial charge in [-0.3, -0.25) is 4.79 Å². The largest absolute Gasteiger partial charge is 0.378 e. The van der Waals surface area contributed by atoms with Crippen LogP contribution in [0.15, 0.2) is 24.3 Å². The zero-order valence-electron chi connectivity index (χ0n) is 11.7. The molecule has 1 aliphatic rings. The zero-order valence-corrected chi connectivity index (χ0v) is 12.5. The van der Waals surface area contributed by atoms with E-state index >= 15 is 0 Å². The summed E-state index contributed by atoms with van der Waals surface area (Å²) in [5, 5.41) is 2.92. The summed E-state index contributed by atoms with van der Waals surface area (Å²) in [6, 6.07) is 7.86. The van der Waals surface area contributed by atoms with Crippen LogP contribution >= 0.6 is 11.6 Å². The minimum absolute atomic E-state index is 0.0595. The highest BCUT2D eigenvalue weighted by Gasteiger charge is 2.15. The van der Waals surface area contributed by atoms with Crippen LogP contribution in [0.4, 0.5) is 5.69 Å². The molecule has 1 fully saturated rings. The monoisotopic (exact) mass is 295 g/mol. The Morgan fingerprint density at radius 1 is 1.30 bits per heavy atom. The standard InChI is InChI=1S/C16H22ClNO2/c17-11-10-13-4-6-14(7-5-13)18-16(19)9-8-15-3-1-2-12-20-15/h4-7,15H,1-3,8-12H2,(H,18,19). The molecule has 1 atom stereocenters. The van der Waals surface area contributed by atoms with Gasteiger partial charge in [-0.05, 0) is 49.8 Å². The fourth-order valence-electron chi connectivity index (χ4n) is 2.41. The number of nitrogens with one attached hydrogen (secondary N) is 1. The summed E-state index contributed by atoms with van der Waals surface area (Å²) < 4.78 is 5.63. The van der Waals surface area contributed by atoms with Gasteiger partial charge in [0.05, 0.1) is 6.10 Å². The predicted molar refractivity (Wildman–Crippen MR) is 82.3 cm³/mol. The number of amides is 1. The molecule has 0 aromatic heterocycles. The summed E-state index contributed by atoms with van der Waals surface area (Å²) >= 11 is 5.69. The normalized spacial score (nSPS) is 18.8. The van der Waals surface area contributed by atoms with Crippen LogP contribution in [0.3, 0.4) is 0 Å². The van der Waals surface area contributed by atoms with Crippen molar-refractivity contribution >= 4 is 23.2 Å². The minimum atomic E-state index is 0.0595. The van der Waals surface area contributed by atoms with E-state index in [1.165, 1.54) is 12.0 Å². The van der Waals surface area contributed by atoms with Gasteiger partial charge in [0.25, 0.3) is 0 Å².